The lowest BCUT2D eigenvalue weighted by Gasteiger charge is -2.14. The van der Waals surface area contributed by atoms with Crippen molar-refractivity contribution in [1.29, 1.82) is 0 Å². The standard InChI is InChI=1S/C13H24N4/c1-16(2)8-3-4-9-17-11-14-10-13(17)12-6-5-7-15-12/h10-12,15H,3-9H2,1-2H3/t12-/m0/s1. The lowest BCUT2D eigenvalue weighted by atomic mass is 10.1. The second-order valence-corrected chi connectivity index (χ2v) is 5.17. The molecule has 4 heteroatoms. The molecule has 1 fully saturated rings. The van der Waals surface area contributed by atoms with Gasteiger partial charge in [-0.2, -0.15) is 0 Å². The summed E-state index contributed by atoms with van der Waals surface area (Å²) in [6, 6.07) is 0.534. The van der Waals surface area contributed by atoms with Crippen LogP contribution in [0.5, 0.6) is 0 Å². The molecule has 1 aromatic rings. The minimum absolute atomic E-state index is 0.534. The van der Waals surface area contributed by atoms with E-state index in [2.05, 4.69) is 33.9 Å². The van der Waals surface area contributed by atoms with E-state index in [-0.39, 0.29) is 0 Å². The van der Waals surface area contributed by atoms with E-state index >= 15 is 0 Å². The fourth-order valence-corrected chi connectivity index (χ4v) is 2.46. The Labute approximate surface area is 104 Å². The zero-order chi connectivity index (χ0) is 12.1. The van der Waals surface area contributed by atoms with Gasteiger partial charge in [0, 0.05) is 18.8 Å². The summed E-state index contributed by atoms with van der Waals surface area (Å²) in [5.41, 5.74) is 1.37. The monoisotopic (exact) mass is 236 g/mol. The first-order valence-corrected chi connectivity index (χ1v) is 6.65. The summed E-state index contributed by atoms with van der Waals surface area (Å²) < 4.78 is 2.32. The van der Waals surface area contributed by atoms with E-state index in [0.29, 0.717) is 6.04 Å². The Morgan fingerprint density at radius 2 is 2.35 bits per heavy atom. The summed E-state index contributed by atoms with van der Waals surface area (Å²) in [6.45, 7) is 3.42. The maximum atomic E-state index is 4.29. The molecule has 96 valence electrons. The summed E-state index contributed by atoms with van der Waals surface area (Å²) in [5, 5.41) is 3.54. The number of aryl methyl sites for hydroxylation is 1. The first-order chi connectivity index (χ1) is 8.27. The van der Waals surface area contributed by atoms with Crippen molar-refractivity contribution >= 4 is 0 Å². The molecule has 1 atom stereocenters. The smallest absolute Gasteiger partial charge is 0.0948 e. The van der Waals surface area contributed by atoms with Crippen LogP contribution < -0.4 is 5.32 Å². The van der Waals surface area contributed by atoms with E-state index in [1.165, 1.54) is 37.9 Å². The van der Waals surface area contributed by atoms with Gasteiger partial charge in [0.25, 0.3) is 0 Å². The maximum absolute atomic E-state index is 4.29. The van der Waals surface area contributed by atoms with Crippen LogP contribution in [0.15, 0.2) is 12.5 Å². The molecule has 0 amide bonds. The molecule has 0 aliphatic carbocycles. The van der Waals surface area contributed by atoms with E-state index in [4.69, 9.17) is 0 Å². The molecule has 0 spiro atoms. The van der Waals surface area contributed by atoms with Gasteiger partial charge in [-0.3, -0.25) is 0 Å². The highest BCUT2D eigenvalue weighted by atomic mass is 15.1. The molecule has 1 N–H and O–H groups in total. The SMILES string of the molecule is CN(C)CCCCn1cncc1[C@@H]1CCCN1. The van der Waals surface area contributed by atoms with Gasteiger partial charge in [-0.25, -0.2) is 4.98 Å². The first kappa shape index (κ1) is 12.6. The number of nitrogens with zero attached hydrogens (tertiary/aromatic N) is 3. The Bertz CT molecular complexity index is 326. The predicted molar refractivity (Wildman–Crippen MR) is 70.0 cm³/mol. The molecule has 0 radical (unpaired) electrons. The third kappa shape index (κ3) is 3.54. The van der Waals surface area contributed by atoms with Crippen molar-refractivity contribution in [2.24, 2.45) is 0 Å². The molecule has 0 aromatic carbocycles. The summed E-state index contributed by atoms with van der Waals surface area (Å²) in [5.74, 6) is 0. The summed E-state index contributed by atoms with van der Waals surface area (Å²) in [6.07, 6.45) is 9.02. The molecule has 2 heterocycles. The van der Waals surface area contributed by atoms with Crippen molar-refractivity contribution in [3.63, 3.8) is 0 Å². The number of aromatic nitrogens is 2. The predicted octanol–water partition coefficient (Wildman–Crippen LogP) is 1.65. The number of imidazole rings is 1. The molecule has 1 aliphatic rings. The van der Waals surface area contributed by atoms with Gasteiger partial charge in [-0.15, -0.1) is 0 Å². The maximum Gasteiger partial charge on any atom is 0.0948 e. The van der Waals surface area contributed by atoms with Gasteiger partial charge < -0.3 is 14.8 Å². The van der Waals surface area contributed by atoms with Crippen molar-refractivity contribution in [3.05, 3.63) is 18.2 Å². The van der Waals surface area contributed by atoms with E-state index in [9.17, 15) is 0 Å². The van der Waals surface area contributed by atoms with Gasteiger partial charge in [0.2, 0.25) is 0 Å². The van der Waals surface area contributed by atoms with Crippen molar-refractivity contribution in [2.45, 2.75) is 38.3 Å². The zero-order valence-corrected chi connectivity index (χ0v) is 11.0. The number of nitrogens with one attached hydrogen (secondary N) is 1. The number of unbranched alkanes of at least 4 members (excludes halogenated alkanes) is 1. The molecule has 17 heavy (non-hydrogen) atoms. The first-order valence-electron chi connectivity index (χ1n) is 6.65. The minimum atomic E-state index is 0.534. The lowest BCUT2D eigenvalue weighted by Crippen LogP contribution is -2.17. The van der Waals surface area contributed by atoms with Crippen molar-refractivity contribution in [1.82, 2.24) is 19.8 Å². The number of hydrogen-bond acceptors (Lipinski definition) is 3. The third-order valence-electron chi connectivity index (χ3n) is 3.42. The third-order valence-corrected chi connectivity index (χ3v) is 3.42. The van der Waals surface area contributed by atoms with Crippen LogP contribution in [0.4, 0.5) is 0 Å². The average Bonchev–Trinajstić information content (AvgIpc) is 2.94. The molecule has 0 unspecified atom stereocenters. The Kier molecular flexibility index (Phi) is 4.57. The molecule has 1 aromatic heterocycles. The summed E-state index contributed by atoms with van der Waals surface area (Å²) in [4.78, 5) is 6.54. The van der Waals surface area contributed by atoms with Crippen molar-refractivity contribution in [3.8, 4) is 0 Å². The largest absolute Gasteiger partial charge is 0.333 e. The van der Waals surface area contributed by atoms with Gasteiger partial charge in [0.15, 0.2) is 0 Å². The topological polar surface area (TPSA) is 33.1 Å². The van der Waals surface area contributed by atoms with Crippen LogP contribution in [0.2, 0.25) is 0 Å². The summed E-state index contributed by atoms with van der Waals surface area (Å²) >= 11 is 0. The molecular formula is C13H24N4. The highest BCUT2D eigenvalue weighted by molar-refractivity contribution is 5.07. The Morgan fingerprint density at radius 3 is 3.06 bits per heavy atom. The van der Waals surface area contributed by atoms with Crippen LogP contribution in [0.3, 0.4) is 0 Å². The van der Waals surface area contributed by atoms with Gasteiger partial charge in [-0.1, -0.05) is 0 Å². The Hall–Kier alpha value is -0.870. The molecule has 0 bridgehead atoms. The highest BCUT2D eigenvalue weighted by Crippen LogP contribution is 2.22. The lowest BCUT2D eigenvalue weighted by molar-refractivity contribution is 0.386. The van der Waals surface area contributed by atoms with E-state index in [1.54, 1.807) is 0 Å². The van der Waals surface area contributed by atoms with Crippen LogP contribution in [0.25, 0.3) is 0 Å². The van der Waals surface area contributed by atoms with Crippen LogP contribution in [0, 0.1) is 0 Å². The Balaban J connectivity index is 1.82. The zero-order valence-electron chi connectivity index (χ0n) is 11.0. The minimum Gasteiger partial charge on any atom is -0.333 e. The van der Waals surface area contributed by atoms with Crippen LogP contribution >= 0.6 is 0 Å². The van der Waals surface area contributed by atoms with Crippen LogP contribution in [-0.4, -0.2) is 41.6 Å². The molecule has 1 aliphatic heterocycles. The van der Waals surface area contributed by atoms with Gasteiger partial charge in [-0.05, 0) is 52.9 Å². The normalized spacial score (nSPS) is 20.3. The van der Waals surface area contributed by atoms with E-state index in [1.807, 2.05) is 12.5 Å². The number of rotatable bonds is 6. The van der Waals surface area contributed by atoms with Crippen LogP contribution in [-0.2, 0) is 6.54 Å². The molecule has 4 nitrogen and oxygen atoms in total. The summed E-state index contributed by atoms with van der Waals surface area (Å²) in [7, 11) is 4.26. The highest BCUT2D eigenvalue weighted by Gasteiger charge is 2.19. The number of hydrogen-bond donors (Lipinski definition) is 1. The fourth-order valence-electron chi connectivity index (χ4n) is 2.46. The molecular weight excluding hydrogens is 212 g/mol. The Morgan fingerprint density at radius 1 is 1.47 bits per heavy atom. The second kappa shape index (κ2) is 6.17. The average molecular weight is 236 g/mol. The van der Waals surface area contributed by atoms with Gasteiger partial charge in [0.1, 0.15) is 0 Å². The second-order valence-electron chi connectivity index (χ2n) is 5.17. The molecule has 2 rings (SSSR count). The van der Waals surface area contributed by atoms with Crippen molar-refractivity contribution in [2.75, 3.05) is 27.2 Å². The van der Waals surface area contributed by atoms with Gasteiger partial charge in [0.05, 0.1) is 12.0 Å². The van der Waals surface area contributed by atoms with Crippen LogP contribution in [0.1, 0.15) is 37.4 Å². The van der Waals surface area contributed by atoms with Gasteiger partial charge >= 0.3 is 0 Å². The van der Waals surface area contributed by atoms with E-state index < -0.39 is 0 Å². The fraction of sp³-hybridized carbons (Fsp3) is 0.769. The molecule has 0 saturated carbocycles. The van der Waals surface area contributed by atoms with E-state index in [0.717, 1.165) is 13.1 Å². The van der Waals surface area contributed by atoms with Crippen molar-refractivity contribution < 1.29 is 0 Å². The quantitative estimate of drug-likeness (QED) is 0.762. The molecule has 1 saturated heterocycles.